The smallest absolute Gasteiger partial charge is 0.330 e. The summed E-state index contributed by atoms with van der Waals surface area (Å²) in [6.07, 6.45) is -1.87. The van der Waals surface area contributed by atoms with Gasteiger partial charge in [0.1, 0.15) is 18.3 Å². The molecule has 2 aliphatic heterocycles. The van der Waals surface area contributed by atoms with Crippen LogP contribution in [-0.4, -0.2) is 58.8 Å². The summed E-state index contributed by atoms with van der Waals surface area (Å²) in [6.45, 7) is 0.0671. The number of benzene rings is 3. The molecule has 6 aromatic rings. The molecule has 41 heavy (non-hydrogen) atoms. The van der Waals surface area contributed by atoms with Crippen molar-refractivity contribution < 1.29 is 23.8 Å². The Morgan fingerprint density at radius 3 is 2.68 bits per heavy atom. The van der Waals surface area contributed by atoms with Gasteiger partial charge in [0.2, 0.25) is 5.78 Å². The molecular weight excluding hydrogens is 565 g/mol. The maximum Gasteiger partial charge on any atom is 0.330 e. The van der Waals surface area contributed by atoms with Crippen LogP contribution < -0.4 is 5.56 Å². The second-order valence-electron chi connectivity index (χ2n) is 9.85. The number of H-pyrrole nitrogens is 1. The molecule has 2 aliphatic rings. The van der Waals surface area contributed by atoms with Gasteiger partial charge >= 0.3 is 8.60 Å². The fraction of sp³-hybridized carbons (Fsp3) is 0.179. The molecule has 0 amide bonds. The van der Waals surface area contributed by atoms with Gasteiger partial charge in [-0.15, -0.1) is 0 Å². The Labute approximate surface area is 237 Å². The number of hydrogen-bond donors (Lipinski definition) is 3. The van der Waals surface area contributed by atoms with Crippen molar-refractivity contribution in [2.75, 3.05) is 6.61 Å². The lowest BCUT2D eigenvalue weighted by molar-refractivity contribution is -0.0614. The molecule has 0 radical (unpaired) electrons. The summed E-state index contributed by atoms with van der Waals surface area (Å²) in [4.78, 5) is 37.3. The average molecular weight is 588 g/mol. The lowest BCUT2D eigenvalue weighted by atomic mass is 10.1. The van der Waals surface area contributed by atoms with Crippen molar-refractivity contribution in [3.63, 3.8) is 0 Å². The molecule has 3 aromatic carbocycles. The lowest BCUT2D eigenvalue weighted by Crippen LogP contribution is -2.38. The molecule has 8 rings (SSSR count). The maximum absolute atomic E-state index is 13.8. The van der Waals surface area contributed by atoms with E-state index >= 15 is 0 Å². The van der Waals surface area contributed by atoms with E-state index in [-0.39, 0.29) is 23.3 Å². The first-order valence-electron chi connectivity index (χ1n) is 12.9. The number of rotatable bonds is 4. The molecule has 2 unspecified atom stereocenters. The van der Waals surface area contributed by atoms with E-state index in [4.69, 9.17) is 23.8 Å². The van der Waals surface area contributed by atoms with E-state index in [0.29, 0.717) is 10.9 Å². The number of ether oxygens (including phenoxy) is 1. The second kappa shape index (κ2) is 9.74. The van der Waals surface area contributed by atoms with E-state index < -0.39 is 33.1 Å². The van der Waals surface area contributed by atoms with Crippen LogP contribution in [0.3, 0.4) is 0 Å². The van der Waals surface area contributed by atoms with Gasteiger partial charge in [0.25, 0.3) is 5.56 Å². The standard InChI is InChI=1S/C28H22N5O6PS/c34-22-23-20(14-37-40(36)39-23)38-26(22)33-24-21(30-28(33)41-18-11-10-15-6-4-5-9-17(15)12-18)25(35)32-13-19(29-27(32)31-24)16-7-2-1-3-8-16/h1-13,20,22-23,26,34,36H,14H2,(H,29,31)/t20?,22-,23+,26+,40?/m0/s1. The number of aromatic amines is 1. The molecule has 13 heteroatoms. The molecule has 5 heterocycles. The minimum absolute atomic E-state index is 0.0671. The van der Waals surface area contributed by atoms with Crippen LogP contribution in [0, 0.1) is 0 Å². The Hall–Kier alpha value is -3.61. The zero-order valence-corrected chi connectivity index (χ0v) is 22.9. The molecule has 11 nitrogen and oxygen atoms in total. The molecule has 0 aliphatic carbocycles. The maximum atomic E-state index is 13.8. The highest BCUT2D eigenvalue weighted by Gasteiger charge is 2.50. The minimum atomic E-state index is -2.12. The van der Waals surface area contributed by atoms with Gasteiger partial charge in [-0.2, -0.15) is 4.98 Å². The van der Waals surface area contributed by atoms with Crippen molar-refractivity contribution >= 4 is 48.1 Å². The highest BCUT2D eigenvalue weighted by molar-refractivity contribution is 7.99. The van der Waals surface area contributed by atoms with E-state index in [9.17, 15) is 14.8 Å². The third kappa shape index (κ3) is 4.19. The fourth-order valence-electron chi connectivity index (χ4n) is 5.38. The molecular formula is C28H22N5O6PS. The third-order valence-electron chi connectivity index (χ3n) is 7.36. The monoisotopic (exact) mass is 587 g/mol. The molecule has 206 valence electrons. The number of aliphatic hydroxyl groups excluding tert-OH is 1. The zero-order chi connectivity index (χ0) is 27.7. The summed E-state index contributed by atoms with van der Waals surface area (Å²) in [5.74, 6) is 0.327. The van der Waals surface area contributed by atoms with Gasteiger partial charge in [-0.1, -0.05) is 72.4 Å². The summed E-state index contributed by atoms with van der Waals surface area (Å²) in [5, 5.41) is 13.9. The topological polar surface area (TPSA) is 136 Å². The average Bonchev–Trinajstić information content (AvgIpc) is 3.67. The molecule has 2 saturated heterocycles. The number of nitrogens with one attached hydrogen (secondary N) is 1. The number of nitrogens with zero attached hydrogens (tertiary/aromatic N) is 4. The van der Waals surface area contributed by atoms with Gasteiger partial charge in [-0.25, -0.2) is 9.38 Å². The lowest BCUT2D eigenvalue weighted by Gasteiger charge is -2.27. The summed E-state index contributed by atoms with van der Waals surface area (Å²) >= 11 is 1.34. The first-order valence-corrected chi connectivity index (χ1v) is 14.9. The van der Waals surface area contributed by atoms with Crippen LogP contribution in [0.25, 0.3) is 39.0 Å². The second-order valence-corrected chi connectivity index (χ2v) is 11.8. The number of aromatic nitrogens is 5. The highest BCUT2D eigenvalue weighted by Crippen LogP contribution is 2.47. The Kier molecular flexibility index (Phi) is 5.97. The quantitative estimate of drug-likeness (QED) is 0.259. The molecule has 0 bridgehead atoms. The van der Waals surface area contributed by atoms with E-state index in [1.807, 2.05) is 72.8 Å². The zero-order valence-electron chi connectivity index (χ0n) is 21.2. The van der Waals surface area contributed by atoms with Crippen LogP contribution >= 0.6 is 20.4 Å². The Morgan fingerprint density at radius 2 is 1.83 bits per heavy atom. The predicted octanol–water partition coefficient (Wildman–Crippen LogP) is 4.24. The van der Waals surface area contributed by atoms with Crippen molar-refractivity contribution in [3.05, 3.63) is 89.3 Å². The van der Waals surface area contributed by atoms with Crippen LogP contribution in [0.1, 0.15) is 6.23 Å². The number of fused-ring (bicyclic) bond motifs is 4. The fourth-order valence-corrected chi connectivity index (χ4v) is 7.14. The van der Waals surface area contributed by atoms with Crippen molar-refractivity contribution in [2.45, 2.75) is 34.6 Å². The first kappa shape index (κ1) is 25.1. The summed E-state index contributed by atoms with van der Waals surface area (Å²) in [7, 11) is -2.12. The van der Waals surface area contributed by atoms with Gasteiger partial charge < -0.3 is 28.8 Å². The Balaban J connectivity index is 1.30. The van der Waals surface area contributed by atoms with Crippen LogP contribution in [0.2, 0.25) is 0 Å². The summed E-state index contributed by atoms with van der Waals surface area (Å²) in [5.41, 5.74) is 1.67. The largest absolute Gasteiger partial charge is 0.386 e. The van der Waals surface area contributed by atoms with Crippen molar-refractivity contribution in [3.8, 4) is 11.3 Å². The van der Waals surface area contributed by atoms with Gasteiger partial charge in [0, 0.05) is 11.1 Å². The number of hydrogen-bond acceptors (Lipinski definition) is 9. The van der Waals surface area contributed by atoms with E-state index in [2.05, 4.69) is 4.98 Å². The van der Waals surface area contributed by atoms with Crippen LogP contribution in [0.4, 0.5) is 0 Å². The normalized spacial score (nSPS) is 24.4. The molecule has 3 aromatic heterocycles. The third-order valence-corrected chi connectivity index (χ3v) is 9.11. The molecule has 0 spiro atoms. The van der Waals surface area contributed by atoms with Gasteiger partial charge in [-0.05, 0) is 28.5 Å². The summed E-state index contributed by atoms with van der Waals surface area (Å²) in [6, 6.07) is 23.7. The predicted molar refractivity (Wildman–Crippen MR) is 152 cm³/mol. The van der Waals surface area contributed by atoms with Gasteiger partial charge in [-0.3, -0.25) is 9.36 Å². The summed E-state index contributed by atoms with van der Waals surface area (Å²) < 4.78 is 20.0. The van der Waals surface area contributed by atoms with Crippen molar-refractivity contribution in [1.29, 1.82) is 0 Å². The van der Waals surface area contributed by atoms with Crippen LogP contribution in [0.15, 0.2) is 93.8 Å². The first-order chi connectivity index (χ1) is 20.0. The molecule has 5 atom stereocenters. The van der Waals surface area contributed by atoms with Crippen molar-refractivity contribution in [2.24, 2.45) is 0 Å². The van der Waals surface area contributed by atoms with Gasteiger partial charge in [0.15, 0.2) is 22.5 Å². The Morgan fingerprint density at radius 1 is 1.02 bits per heavy atom. The molecule has 3 N–H and O–H groups in total. The Bertz CT molecular complexity index is 2000. The van der Waals surface area contributed by atoms with Crippen molar-refractivity contribution in [1.82, 2.24) is 23.9 Å². The molecule has 2 fully saturated rings. The van der Waals surface area contributed by atoms with Crippen LogP contribution in [-0.2, 0) is 13.8 Å². The number of imidazole rings is 2. The highest BCUT2D eigenvalue weighted by atomic mass is 32.2. The van der Waals surface area contributed by atoms with Gasteiger partial charge in [0.05, 0.1) is 12.3 Å². The SMILES string of the molecule is O=c1c2nc(Sc3ccc4ccccc4c3)n([C@@H]3OC4COP(O)O[C@H]4[C@@H]3O)c2nc2[nH]c(-c3ccccc3)cn12. The van der Waals surface area contributed by atoms with E-state index in [0.717, 1.165) is 26.9 Å². The molecule has 0 saturated carbocycles. The minimum Gasteiger partial charge on any atom is -0.386 e. The van der Waals surface area contributed by atoms with E-state index in [1.54, 1.807) is 10.8 Å². The number of aliphatic hydroxyl groups is 1. The van der Waals surface area contributed by atoms with Crippen LogP contribution in [0.5, 0.6) is 0 Å². The van der Waals surface area contributed by atoms with E-state index in [1.165, 1.54) is 16.2 Å².